The average Bonchev–Trinajstić information content (AvgIpc) is 2.92. The van der Waals surface area contributed by atoms with Crippen LogP contribution in [-0.4, -0.2) is 63.6 Å². The smallest absolute Gasteiger partial charge is 0.229 e. The molecule has 1 spiro atoms. The van der Waals surface area contributed by atoms with E-state index in [9.17, 15) is 4.79 Å². The first-order valence-electron chi connectivity index (χ1n) is 12.4. The molecule has 1 N–H and O–H groups in total. The molecular formula is C27H32N6O3. The van der Waals surface area contributed by atoms with Gasteiger partial charge in [-0.25, -0.2) is 15.0 Å². The Morgan fingerprint density at radius 1 is 1.08 bits per heavy atom. The van der Waals surface area contributed by atoms with Crippen molar-refractivity contribution in [3.63, 3.8) is 0 Å². The van der Waals surface area contributed by atoms with Gasteiger partial charge in [0.1, 0.15) is 5.82 Å². The van der Waals surface area contributed by atoms with Crippen molar-refractivity contribution >= 4 is 11.7 Å². The van der Waals surface area contributed by atoms with Crippen LogP contribution < -0.4 is 14.8 Å². The summed E-state index contributed by atoms with van der Waals surface area (Å²) < 4.78 is 10.6. The molecule has 5 rings (SSSR count). The van der Waals surface area contributed by atoms with E-state index in [2.05, 4.69) is 26.3 Å². The Labute approximate surface area is 211 Å². The molecule has 3 aromatic rings. The monoisotopic (exact) mass is 488 g/mol. The van der Waals surface area contributed by atoms with Crippen molar-refractivity contribution in [3.05, 3.63) is 53.5 Å². The van der Waals surface area contributed by atoms with Crippen molar-refractivity contribution in [2.45, 2.75) is 51.0 Å². The molecule has 9 nitrogen and oxygen atoms in total. The van der Waals surface area contributed by atoms with Gasteiger partial charge in [0.15, 0.2) is 5.82 Å². The molecule has 0 aromatic carbocycles. The van der Waals surface area contributed by atoms with Crippen LogP contribution in [-0.2, 0) is 11.2 Å². The predicted molar refractivity (Wildman–Crippen MR) is 136 cm³/mol. The van der Waals surface area contributed by atoms with Crippen molar-refractivity contribution in [2.24, 2.45) is 0 Å². The Balaban J connectivity index is 1.35. The van der Waals surface area contributed by atoms with Crippen LogP contribution in [0.15, 0.2) is 36.7 Å². The van der Waals surface area contributed by atoms with E-state index in [0.717, 1.165) is 54.9 Å². The molecule has 2 aliphatic rings. The van der Waals surface area contributed by atoms with Gasteiger partial charge in [0.25, 0.3) is 0 Å². The molecule has 9 heteroatoms. The first-order valence-corrected chi connectivity index (χ1v) is 12.4. The number of nitrogens with zero attached hydrogens (tertiary/aromatic N) is 5. The Morgan fingerprint density at radius 3 is 2.50 bits per heavy atom. The van der Waals surface area contributed by atoms with Gasteiger partial charge in [-0.15, -0.1) is 0 Å². The first kappa shape index (κ1) is 24.0. The normalized spacial score (nSPS) is 19.8. The number of fused-ring (bicyclic) bond motifs is 1. The molecule has 1 fully saturated rings. The summed E-state index contributed by atoms with van der Waals surface area (Å²) in [6.07, 6.45) is 7.29. The van der Waals surface area contributed by atoms with Crippen LogP contribution in [0.3, 0.4) is 0 Å². The summed E-state index contributed by atoms with van der Waals surface area (Å²) in [6, 6.07) is 7.58. The van der Waals surface area contributed by atoms with Crippen LogP contribution in [0.25, 0.3) is 11.4 Å². The fourth-order valence-electron chi connectivity index (χ4n) is 5.30. The second-order valence-electron chi connectivity index (χ2n) is 9.68. The minimum absolute atomic E-state index is 0.0951. The predicted octanol–water partition coefficient (Wildman–Crippen LogP) is 3.78. The third-order valence-corrected chi connectivity index (χ3v) is 7.33. The summed E-state index contributed by atoms with van der Waals surface area (Å²) in [7, 11) is 3.12. The first-order chi connectivity index (χ1) is 17.4. The highest BCUT2D eigenvalue weighted by molar-refractivity contribution is 5.84. The molecule has 0 bridgehead atoms. The lowest BCUT2D eigenvalue weighted by molar-refractivity contribution is -0.134. The van der Waals surface area contributed by atoms with Crippen LogP contribution in [0.5, 0.6) is 11.8 Å². The van der Waals surface area contributed by atoms with E-state index in [1.54, 1.807) is 38.7 Å². The van der Waals surface area contributed by atoms with Crippen molar-refractivity contribution in [3.8, 4) is 23.1 Å². The van der Waals surface area contributed by atoms with Crippen molar-refractivity contribution in [1.82, 2.24) is 24.8 Å². The number of ether oxygens (including phenoxy) is 2. The molecule has 1 saturated heterocycles. The van der Waals surface area contributed by atoms with E-state index in [0.29, 0.717) is 24.1 Å². The number of carbonyl (C=O) groups is 1. The minimum atomic E-state index is -0.337. The van der Waals surface area contributed by atoms with Crippen molar-refractivity contribution in [1.29, 1.82) is 0 Å². The third kappa shape index (κ3) is 4.57. The fourth-order valence-corrected chi connectivity index (χ4v) is 5.30. The molecular weight excluding hydrogens is 456 g/mol. The molecule has 188 valence electrons. The number of rotatable bonds is 5. The van der Waals surface area contributed by atoms with E-state index in [4.69, 9.17) is 14.5 Å². The number of anilines is 1. The van der Waals surface area contributed by atoms with Crippen molar-refractivity contribution < 1.29 is 14.3 Å². The van der Waals surface area contributed by atoms with Gasteiger partial charge in [-0.1, -0.05) is 0 Å². The summed E-state index contributed by atoms with van der Waals surface area (Å²) in [5.41, 5.74) is 3.67. The molecule has 1 amide bonds. The molecule has 0 aliphatic carbocycles. The van der Waals surface area contributed by atoms with Crippen LogP contribution in [0.4, 0.5) is 5.82 Å². The van der Waals surface area contributed by atoms with Gasteiger partial charge < -0.3 is 19.7 Å². The number of hydrogen-bond donors (Lipinski definition) is 1. The van der Waals surface area contributed by atoms with E-state index < -0.39 is 0 Å². The SMILES string of the molecule is COc1cc([C@H](C)C(=O)N2CCC[C@@]3(CCc4cc(-c5ncccn5)c(C)nc4N3)C2)cc(OC)n1. The Morgan fingerprint density at radius 2 is 1.81 bits per heavy atom. The molecule has 0 unspecified atom stereocenters. The number of methoxy groups -OCH3 is 2. The fraction of sp³-hybridized carbons (Fsp3) is 0.444. The maximum absolute atomic E-state index is 13.6. The lowest BCUT2D eigenvalue weighted by Crippen LogP contribution is -2.56. The molecule has 2 aliphatic heterocycles. The molecule has 36 heavy (non-hydrogen) atoms. The molecule has 3 aromatic heterocycles. The quantitative estimate of drug-likeness (QED) is 0.579. The van der Waals surface area contributed by atoms with Crippen molar-refractivity contribution in [2.75, 3.05) is 32.6 Å². The Hall–Kier alpha value is -3.75. The number of likely N-dealkylation sites (tertiary alicyclic amines) is 1. The number of carbonyl (C=O) groups excluding carboxylic acids is 1. The third-order valence-electron chi connectivity index (χ3n) is 7.33. The number of amides is 1. The summed E-state index contributed by atoms with van der Waals surface area (Å²) >= 11 is 0. The molecule has 5 heterocycles. The summed E-state index contributed by atoms with van der Waals surface area (Å²) in [5.74, 6) is 2.23. The van der Waals surface area contributed by atoms with Crippen LogP contribution in [0.2, 0.25) is 0 Å². The topological polar surface area (TPSA) is 102 Å². The maximum Gasteiger partial charge on any atom is 0.229 e. The second-order valence-corrected chi connectivity index (χ2v) is 9.68. The van der Waals surface area contributed by atoms with Gasteiger partial charge in [-0.3, -0.25) is 4.79 Å². The largest absolute Gasteiger partial charge is 0.481 e. The zero-order chi connectivity index (χ0) is 25.3. The highest BCUT2D eigenvalue weighted by Gasteiger charge is 2.41. The number of pyridine rings is 2. The standard InChI is InChI=1S/C27H32N6O3/c1-17(20-14-22(35-3)31-23(15-20)36-4)26(34)33-12-5-8-27(16-33)9-7-19-13-21(18(2)30-24(19)32-27)25-28-10-6-11-29-25/h6,10-11,13-15,17H,5,7-9,12,16H2,1-4H3,(H,30,32)/t17-,27+/m0/s1. The number of hydrogen-bond acceptors (Lipinski definition) is 8. The van der Waals surface area contributed by atoms with Gasteiger partial charge in [-0.2, -0.15) is 4.98 Å². The second kappa shape index (κ2) is 9.72. The summed E-state index contributed by atoms with van der Waals surface area (Å²) in [4.78, 5) is 33.5. The highest BCUT2D eigenvalue weighted by Crippen LogP contribution is 2.38. The summed E-state index contributed by atoms with van der Waals surface area (Å²) in [5, 5.41) is 3.74. The lowest BCUT2D eigenvalue weighted by atomic mass is 9.80. The zero-order valence-electron chi connectivity index (χ0n) is 21.2. The maximum atomic E-state index is 13.6. The molecule has 2 atom stereocenters. The number of piperidine rings is 1. The van der Waals surface area contributed by atoms with E-state index >= 15 is 0 Å². The van der Waals surface area contributed by atoms with E-state index in [1.807, 2.05) is 24.8 Å². The van der Waals surface area contributed by atoms with Crippen LogP contribution in [0, 0.1) is 6.92 Å². The van der Waals surface area contributed by atoms with Crippen LogP contribution >= 0.6 is 0 Å². The summed E-state index contributed by atoms with van der Waals surface area (Å²) in [6.45, 7) is 5.32. The van der Waals surface area contributed by atoms with Gasteiger partial charge in [0.2, 0.25) is 17.7 Å². The molecule has 0 radical (unpaired) electrons. The van der Waals surface area contributed by atoms with Gasteiger partial charge in [0, 0.05) is 43.2 Å². The number of nitrogens with one attached hydrogen (secondary N) is 1. The van der Waals surface area contributed by atoms with Gasteiger partial charge in [-0.05, 0) is 62.8 Å². The highest BCUT2D eigenvalue weighted by atomic mass is 16.5. The number of aryl methyl sites for hydroxylation is 2. The van der Waals surface area contributed by atoms with Gasteiger partial charge in [0.05, 0.1) is 31.4 Å². The van der Waals surface area contributed by atoms with E-state index in [1.165, 1.54) is 5.56 Å². The molecule has 0 saturated carbocycles. The van der Waals surface area contributed by atoms with Gasteiger partial charge >= 0.3 is 0 Å². The number of aromatic nitrogens is 4. The Bertz CT molecular complexity index is 1250. The zero-order valence-corrected chi connectivity index (χ0v) is 21.2. The Kier molecular flexibility index (Phi) is 6.47. The van der Waals surface area contributed by atoms with Crippen LogP contribution in [0.1, 0.15) is 48.9 Å². The minimum Gasteiger partial charge on any atom is -0.481 e. The van der Waals surface area contributed by atoms with E-state index in [-0.39, 0.29) is 17.4 Å². The lowest BCUT2D eigenvalue weighted by Gasteiger charge is -2.47. The average molecular weight is 489 g/mol.